The molecule has 4 rings (SSSR count). The van der Waals surface area contributed by atoms with Crippen molar-refractivity contribution in [3.8, 4) is 0 Å². The van der Waals surface area contributed by atoms with Crippen LogP contribution in [-0.4, -0.2) is 50.5 Å². The quantitative estimate of drug-likeness (QED) is 0.135. The molecule has 0 radical (unpaired) electrons. The molecule has 0 saturated heterocycles. The van der Waals surface area contributed by atoms with Crippen molar-refractivity contribution in [3.63, 3.8) is 0 Å². The average molecular weight is 699 g/mol. The zero-order valence-corrected chi connectivity index (χ0v) is 27.4. The van der Waals surface area contributed by atoms with Crippen LogP contribution in [0.2, 0.25) is 0 Å². The number of benzene rings is 2. The first-order valence-electron chi connectivity index (χ1n) is 15.1. The van der Waals surface area contributed by atoms with Crippen molar-refractivity contribution >= 4 is 47.5 Å². The number of unbranched alkanes of at least 4 members (excludes halogenated alkanes) is 9. The standard InChI is InChI=1S/C28H39N3.C2HF6NO4S2/c1-3-4-5-6-7-8-9-10-11-14-19-30-20-21-31(23-30)24-17-18-28-26(22-24)25-15-12-13-16-27(25)29(28)2;3-1(4,5)14(10,11)9-15(12,13)2(6,7)8/h12-13,15-18,20-22H,3-11,14,19,23H2,1-2H3;9H. The highest BCUT2D eigenvalue weighted by Crippen LogP contribution is 2.32. The number of aromatic nitrogens is 1. The van der Waals surface area contributed by atoms with Gasteiger partial charge in [0, 0.05) is 53.5 Å². The second kappa shape index (κ2) is 15.7. The molecule has 46 heavy (non-hydrogen) atoms. The highest BCUT2D eigenvalue weighted by molar-refractivity contribution is 8.05. The minimum atomic E-state index is -6.60. The molecule has 0 amide bonds. The summed E-state index contributed by atoms with van der Waals surface area (Å²) in [7, 11) is -11.0. The number of hydrogen-bond donors (Lipinski definition) is 1. The molecule has 1 aliphatic rings. The van der Waals surface area contributed by atoms with Crippen LogP contribution in [0.25, 0.3) is 21.8 Å². The van der Waals surface area contributed by atoms with Crippen LogP contribution in [0.15, 0.2) is 54.9 Å². The maximum Gasteiger partial charge on any atom is 0.512 e. The second-order valence-corrected chi connectivity index (χ2v) is 14.8. The van der Waals surface area contributed by atoms with Crippen LogP contribution < -0.4 is 9.03 Å². The summed E-state index contributed by atoms with van der Waals surface area (Å²) in [5.74, 6) is 0. The Morgan fingerprint density at radius 3 is 1.78 bits per heavy atom. The fourth-order valence-electron chi connectivity index (χ4n) is 5.15. The number of fused-ring (bicyclic) bond motifs is 3. The summed E-state index contributed by atoms with van der Waals surface area (Å²) in [4.78, 5) is 4.83. The number of sulfonamides is 2. The third kappa shape index (κ3) is 9.77. The van der Waals surface area contributed by atoms with E-state index in [9.17, 15) is 43.2 Å². The number of hydrogen-bond acceptors (Lipinski definition) is 6. The number of aryl methyl sites for hydroxylation is 1. The predicted octanol–water partition coefficient (Wildman–Crippen LogP) is 8.08. The average Bonchev–Trinajstić information content (AvgIpc) is 3.55. The molecule has 0 spiro atoms. The third-order valence-electron chi connectivity index (χ3n) is 7.65. The lowest BCUT2D eigenvalue weighted by molar-refractivity contribution is -0.0476. The summed E-state index contributed by atoms with van der Waals surface area (Å²) < 4.78 is 111. The highest BCUT2D eigenvalue weighted by Gasteiger charge is 2.55. The van der Waals surface area contributed by atoms with Gasteiger partial charge in [0.2, 0.25) is 0 Å². The molecule has 8 nitrogen and oxygen atoms in total. The lowest BCUT2D eigenvalue weighted by atomic mass is 10.1. The molecule has 2 aromatic carbocycles. The highest BCUT2D eigenvalue weighted by atomic mass is 32.3. The number of alkyl halides is 6. The van der Waals surface area contributed by atoms with E-state index in [0.717, 1.165) is 6.67 Å². The number of nitrogens with one attached hydrogen (secondary N) is 1. The zero-order chi connectivity index (χ0) is 34.2. The molecule has 1 aromatic heterocycles. The van der Waals surface area contributed by atoms with E-state index in [1.54, 1.807) is 0 Å². The van der Waals surface area contributed by atoms with E-state index in [1.165, 1.54) is 98.2 Å². The topological polar surface area (TPSA) is 91.7 Å². The first-order chi connectivity index (χ1) is 21.5. The number of rotatable bonds is 14. The van der Waals surface area contributed by atoms with E-state index in [2.05, 4.69) is 83.2 Å². The Balaban J connectivity index is 0.000000326. The van der Waals surface area contributed by atoms with Gasteiger partial charge >= 0.3 is 31.1 Å². The minimum Gasteiger partial charge on any atom is -0.358 e. The zero-order valence-electron chi connectivity index (χ0n) is 25.7. The van der Waals surface area contributed by atoms with Crippen molar-refractivity contribution in [2.45, 2.75) is 82.1 Å². The van der Waals surface area contributed by atoms with E-state index < -0.39 is 35.2 Å². The predicted molar refractivity (Wildman–Crippen MR) is 169 cm³/mol. The molecule has 0 bridgehead atoms. The second-order valence-electron chi connectivity index (χ2n) is 11.2. The van der Waals surface area contributed by atoms with Gasteiger partial charge in [-0.3, -0.25) is 0 Å². The first kappa shape index (κ1) is 37.5. The van der Waals surface area contributed by atoms with Crippen molar-refractivity contribution in [2.24, 2.45) is 7.05 Å². The fraction of sp³-hybridized carbons (Fsp3) is 0.533. The van der Waals surface area contributed by atoms with Crippen LogP contribution >= 0.6 is 0 Å². The van der Waals surface area contributed by atoms with Crippen molar-refractivity contribution in [3.05, 3.63) is 54.9 Å². The number of nitrogens with zero attached hydrogens (tertiary/aromatic N) is 3. The van der Waals surface area contributed by atoms with E-state index >= 15 is 0 Å². The van der Waals surface area contributed by atoms with Crippen LogP contribution in [0.3, 0.4) is 0 Å². The van der Waals surface area contributed by atoms with Crippen molar-refractivity contribution in [1.29, 1.82) is 0 Å². The fourth-order valence-corrected chi connectivity index (χ4v) is 7.06. The van der Waals surface area contributed by atoms with Crippen molar-refractivity contribution < 1.29 is 43.2 Å². The van der Waals surface area contributed by atoms with Crippen LogP contribution in [0.4, 0.5) is 32.0 Å². The molecule has 0 unspecified atom stereocenters. The normalized spacial score (nSPS) is 14.3. The summed E-state index contributed by atoms with van der Waals surface area (Å²) >= 11 is 0. The SMILES string of the molecule is CCCCCCCCCCCCN1C=CN(c2ccc3c(c2)c2ccccc2n3C)C1.O=S(=O)(NS(=O)(=O)C(F)(F)F)C(F)(F)F. The monoisotopic (exact) mass is 698 g/mol. The Morgan fingerprint density at radius 1 is 0.696 bits per heavy atom. The van der Waals surface area contributed by atoms with Gasteiger partial charge in [0.1, 0.15) is 0 Å². The molecule has 0 fully saturated rings. The van der Waals surface area contributed by atoms with Gasteiger partial charge in [-0.05, 0) is 30.7 Å². The lowest BCUT2D eigenvalue weighted by Gasteiger charge is -2.21. The van der Waals surface area contributed by atoms with Gasteiger partial charge in [0.05, 0.1) is 6.67 Å². The van der Waals surface area contributed by atoms with Gasteiger partial charge in [-0.15, -0.1) is 0 Å². The molecule has 1 N–H and O–H groups in total. The van der Waals surface area contributed by atoms with E-state index in [1.807, 2.05) is 0 Å². The molecule has 0 saturated carbocycles. The Hall–Kier alpha value is -2.98. The molecular formula is C30H40F6N4O4S2. The summed E-state index contributed by atoms with van der Waals surface area (Å²) in [5.41, 5.74) is -8.41. The van der Waals surface area contributed by atoms with E-state index in [4.69, 9.17) is 0 Å². The van der Waals surface area contributed by atoms with Crippen LogP contribution in [0.1, 0.15) is 71.1 Å². The van der Waals surface area contributed by atoms with Gasteiger partial charge in [0.15, 0.2) is 0 Å². The third-order valence-corrected chi connectivity index (χ3v) is 10.6. The molecule has 0 aliphatic carbocycles. The Bertz CT molecular complexity index is 1640. The summed E-state index contributed by atoms with van der Waals surface area (Å²) in [5, 5.41) is 2.68. The first-order valence-corrected chi connectivity index (χ1v) is 18.0. The summed E-state index contributed by atoms with van der Waals surface area (Å²) in [6.07, 6.45) is 18.5. The summed E-state index contributed by atoms with van der Waals surface area (Å²) in [6.45, 7) is 4.42. The smallest absolute Gasteiger partial charge is 0.358 e. The van der Waals surface area contributed by atoms with E-state index in [-0.39, 0.29) is 0 Å². The maximum absolute atomic E-state index is 11.5. The van der Waals surface area contributed by atoms with Crippen LogP contribution in [-0.2, 0) is 27.1 Å². The van der Waals surface area contributed by atoms with Gasteiger partial charge in [0.25, 0.3) is 0 Å². The Morgan fingerprint density at radius 2 is 1.22 bits per heavy atom. The molecular weight excluding hydrogens is 658 g/mol. The molecule has 0 atom stereocenters. The number of para-hydroxylation sites is 1. The number of anilines is 1. The molecule has 258 valence electrons. The molecule has 16 heteroatoms. The van der Waals surface area contributed by atoms with Gasteiger partial charge in [-0.2, -0.15) is 26.3 Å². The Labute approximate surface area is 266 Å². The van der Waals surface area contributed by atoms with Crippen molar-refractivity contribution in [1.82, 2.24) is 13.6 Å². The Kier molecular flexibility index (Phi) is 12.8. The van der Waals surface area contributed by atoms with Gasteiger partial charge in [-0.1, -0.05) is 87.0 Å². The minimum absolute atomic E-state index is 0.493. The van der Waals surface area contributed by atoms with E-state index in [0.29, 0.717) is 0 Å². The largest absolute Gasteiger partial charge is 0.512 e. The van der Waals surface area contributed by atoms with Gasteiger partial charge < -0.3 is 14.4 Å². The van der Waals surface area contributed by atoms with Gasteiger partial charge in [-0.25, -0.2) is 16.8 Å². The van der Waals surface area contributed by atoms with Crippen molar-refractivity contribution in [2.75, 3.05) is 18.1 Å². The molecule has 1 aliphatic heterocycles. The van der Waals surface area contributed by atoms with Crippen LogP contribution in [0, 0.1) is 0 Å². The maximum atomic E-state index is 11.5. The molecule has 3 aromatic rings. The molecule has 2 heterocycles. The summed E-state index contributed by atoms with van der Waals surface area (Å²) in [6, 6.07) is 15.6. The van der Waals surface area contributed by atoms with Crippen LogP contribution in [0.5, 0.6) is 0 Å². The lowest BCUT2D eigenvalue weighted by Crippen LogP contribution is -2.45. The number of halogens is 6.